The predicted molar refractivity (Wildman–Crippen MR) is 105 cm³/mol. The van der Waals surface area contributed by atoms with Crippen molar-refractivity contribution in [3.8, 4) is 5.75 Å². The zero-order chi connectivity index (χ0) is 21.1. The molecule has 0 atom stereocenters. The van der Waals surface area contributed by atoms with Crippen LogP contribution in [0.25, 0.3) is 10.9 Å². The van der Waals surface area contributed by atoms with Gasteiger partial charge >= 0.3 is 11.7 Å². The highest BCUT2D eigenvalue weighted by Gasteiger charge is 2.15. The number of aliphatic carboxylic acids is 1. The van der Waals surface area contributed by atoms with Crippen LogP contribution in [0.5, 0.6) is 5.75 Å². The Morgan fingerprint density at radius 1 is 1.10 bits per heavy atom. The van der Waals surface area contributed by atoms with E-state index in [9.17, 15) is 19.2 Å². The fourth-order valence-electron chi connectivity index (χ4n) is 2.96. The lowest BCUT2D eigenvalue weighted by atomic mass is 10.1. The van der Waals surface area contributed by atoms with Crippen molar-refractivity contribution in [2.24, 2.45) is 7.05 Å². The zero-order valence-electron chi connectivity index (χ0n) is 15.8. The molecule has 0 spiro atoms. The third-order valence-corrected chi connectivity index (χ3v) is 4.52. The van der Waals surface area contributed by atoms with Gasteiger partial charge in [0.1, 0.15) is 12.3 Å². The summed E-state index contributed by atoms with van der Waals surface area (Å²) in [6, 6.07) is 11.6. The van der Waals surface area contributed by atoms with Crippen molar-refractivity contribution in [2.75, 3.05) is 7.11 Å². The molecule has 0 aliphatic heterocycles. The van der Waals surface area contributed by atoms with Gasteiger partial charge in [0, 0.05) is 19.2 Å². The number of carbonyl (C=O) groups is 2. The van der Waals surface area contributed by atoms with Gasteiger partial charge in [0.2, 0.25) is 0 Å². The molecular weight excluding hydrogens is 378 g/mol. The number of aryl methyl sites for hydroxylation is 1. The van der Waals surface area contributed by atoms with Crippen LogP contribution in [-0.4, -0.2) is 33.2 Å². The summed E-state index contributed by atoms with van der Waals surface area (Å²) in [5, 5.41) is 11.8. The number of carboxylic acids is 1. The number of amides is 1. The number of rotatable bonds is 6. The largest absolute Gasteiger partial charge is 0.497 e. The van der Waals surface area contributed by atoms with E-state index in [-0.39, 0.29) is 17.5 Å². The van der Waals surface area contributed by atoms with Crippen molar-refractivity contribution in [1.29, 1.82) is 0 Å². The van der Waals surface area contributed by atoms with Crippen LogP contribution in [0.2, 0.25) is 0 Å². The Balaban J connectivity index is 1.91. The third-order valence-electron chi connectivity index (χ3n) is 4.52. The molecule has 1 amide bonds. The van der Waals surface area contributed by atoms with Crippen LogP contribution in [0.15, 0.2) is 52.1 Å². The van der Waals surface area contributed by atoms with Crippen LogP contribution < -0.4 is 21.3 Å². The van der Waals surface area contributed by atoms with Crippen LogP contribution in [0, 0.1) is 0 Å². The Bertz CT molecular complexity index is 1210. The minimum Gasteiger partial charge on any atom is -0.497 e. The van der Waals surface area contributed by atoms with Gasteiger partial charge in [0.05, 0.1) is 18.0 Å². The molecule has 0 bridgehead atoms. The monoisotopic (exact) mass is 397 g/mol. The molecule has 0 saturated heterocycles. The van der Waals surface area contributed by atoms with E-state index in [0.717, 1.165) is 5.56 Å². The number of benzene rings is 2. The molecule has 3 aromatic rings. The Morgan fingerprint density at radius 3 is 2.41 bits per heavy atom. The fraction of sp³-hybridized carbons (Fsp3) is 0.200. The molecule has 0 unspecified atom stereocenters. The molecule has 0 aliphatic carbocycles. The van der Waals surface area contributed by atoms with Gasteiger partial charge in [-0.1, -0.05) is 12.1 Å². The first-order valence-electron chi connectivity index (χ1n) is 8.68. The van der Waals surface area contributed by atoms with E-state index in [1.165, 1.54) is 29.8 Å². The van der Waals surface area contributed by atoms with E-state index < -0.39 is 29.7 Å². The van der Waals surface area contributed by atoms with Crippen LogP contribution >= 0.6 is 0 Å². The lowest BCUT2D eigenvalue weighted by molar-refractivity contribution is -0.137. The Labute approximate surface area is 164 Å². The molecule has 3 rings (SSSR count). The van der Waals surface area contributed by atoms with Crippen LogP contribution in [-0.2, 0) is 24.9 Å². The molecule has 0 saturated carbocycles. The SMILES string of the molecule is COc1ccc(CNC(=O)c2ccc3c(c2)c(=O)n(CC(=O)O)c(=O)n3C)cc1. The number of ether oxygens (including phenoxy) is 1. The van der Waals surface area contributed by atoms with E-state index in [0.29, 0.717) is 15.8 Å². The molecule has 0 radical (unpaired) electrons. The molecule has 9 heteroatoms. The van der Waals surface area contributed by atoms with Crippen molar-refractivity contribution in [3.63, 3.8) is 0 Å². The maximum atomic E-state index is 12.6. The number of carboxylic acid groups (broad SMARTS) is 1. The number of fused-ring (bicyclic) bond motifs is 1. The average Bonchev–Trinajstić information content (AvgIpc) is 2.73. The van der Waals surface area contributed by atoms with Crippen LogP contribution in [0.4, 0.5) is 0 Å². The maximum Gasteiger partial charge on any atom is 0.331 e. The molecule has 0 aliphatic rings. The number of carbonyl (C=O) groups excluding carboxylic acids is 1. The summed E-state index contributed by atoms with van der Waals surface area (Å²) in [5.41, 5.74) is -0.0833. The topological polar surface area (TPSA) is 120 Å². The first-order chi connectivity index (χ1) is 13.8. The number of hydrogen-bond acceptors (Lipinski definition) is 5. The summed E-state index contributed by atoms with van der Waals surface area (Å²) in [5.74, 6) is -1.00. The second-order valence-corrected chi connectivity index (χ2v) is 6.39. The number of nitrogens with zero attached hydrogens (tertiary/aromatic N) is 2. The number of hydrogen-bond donors (Lipinski definition) is 2. The summed E-state index contributed by atoms with van der Waals surface area (Å²) in [4.78, 5) is 48.3. The maximum absolute atomic E-state index is 12.6. The average molecular weight is 397 g/mol. The van der Waals surface area contributed by atoms with Gasteiger partial charge in [-0.2, -0.15) is 0 Å². The Morgan fingerprint density at radius 2 is 1.79 bits per heavy atom. The van der Waals surface area contributed by atoms with E-state index >= 15 is 0 Å². The van der Waals surface area contributed by atoms with Gasteiger partial charge in [-0.3, -0.25) is 19.0 Å². The number of methoxy groups -OCH3 is 1. The first kappa shape index (κ1) is 19.9. The van der Waals surface area contributed by atoms with Crippen molar-refractivity contribution < 1.29 is 19.4 Å². The second kappa shape index (κ2) is 8.01. The highest BCUT2D eigenvalue weighted by atomic mass is 16.5. The van der Waals surface area contributed by atoms with E-state index in [2.05, 4.69) is 5.32 Å². The van der Waals surface area contributed by atoms with E-state index in [1.54, 1.807) is 19.2 Å². The smallest absolute Gasteiger partial charge is 0.331 e. The quantitative estimate of drug-likeness (QED) is 0.633. The lowest BCUT2D eigenvalue weighted by Gasteiger charge is -2.11. The summed E-state index contributed by atoms with van der Waals surface area (Å²) in [6.45, 7) is -0.479. The third kappa shape index (κ3) is 4.03. The van der Waals surface area contributed by atoms with Crippen LogP contribution in [0.1, 0.15) is 15.9 Å². The highest BCUT2D eigenvalue weighted by molar-refractivity contribution is 5.97. The fourth-order valence-corrected chi connectivity index (χ4v) is 2.96. The Kier molecular flexibility index (Phi) is 5.49. The van der Waals surface area contributed by atoms with Gasteiger partial charge < -0.3 is 15.2 Å². The lowest BCUT2D eigenvalue weighted by Crippen LogP contribution is -2.40. The van der Waals surface area contributed by atoms with Gasteiger partial charge in [0.25, 0.3) is 11.5 Å². The van der Waals surface area contributed by atoms with E-state index in [1.807, 2.05) is 12.1 Å². The summed E-state index contributed by atoms with van der Waals surface area (Å²) in [6.07, 6.45) is 0. The van der Waals surface area contributed by atoms with Crippen molar-refractivity contribution >= 4 is 22.8 Å². The molecule has 1 heterocycles. The van der Waals surface area contributed by atoms with Gasteiger partial charge in [-0.15, -0.1) is 0 Å². The van der Waals surface area contributed by atoms with Gasteiger partial charge in [-0.25, -0.2) is 9.36 Å². The van der Waals surface area contributed by atoms with E-state index in [4.69, 9.17) is 9.84 Å². The standard InChI is InChI=1S/C20H19N3O6/c1-22-16-8-5-13(9-15(16)19(27)23(20(22)28)11-17(24)25)18(26)21-10-12-3-6-14(29-2)7-4-12/h3-9H,10-11H2,1-2H3,(H,21,26)(H,24,25). The minimum atomic E-state index is -1.31. The molecule has 9 nitrogen and oxygen atoms in total. The predicted octanol–water partition coefficient (Wildman–Crippen LogP) is 0.723. The van der Waals surface area contributed by atoms with Gasteiger partial charge in [0.15, 0.2) is 0 Å². The minimum absolute atomic E-state index is 0.0884. The summed E-state index contributed by atoms with van der Waals surface area (Å²) >= 11 is 0. The van der Waals surface area contributed by atoms with Crippen LogP contribution in [0.3, 0.4) is 0 Å². The molecule has 150 valence electrons. The molecule has 1 aromatic heterocycles. The van der Waals surface area contributed by atoms with Gasteiger partial charge in [-0.05, 0) is 35.9 Å². The number of aromatic nitrogens is 2. The Hall–Kier alpha value is -3.88. The summed E-state index contributed by atoms with van der Waals surface area (Å²) in [7, 11) is 3.00. The van der Waals surface area contributed by atoms with Crippen molar-refractivity contribution in [3.05, 3.63) is 74.4 Å². The summed E-state index contributed by atoms with van der Waals surface area (Å²) < 4.78 is 6.90. The molecule has 29 heavy (non-hydrogen) atoms. The highest BCUT2D eigenvalue weighted by Crippen LogP contribution is 2.13. The van der Waals surface area contributed by atoms with Crippen molar-refractivity contribution in [1.82, 2.24) is 14.5 Å². The molecular formula is C20H19N3O6. The second-order valence-electron chi connectivity index (χ2n) is 6.39. The zero-order valence-corrected chi connectivity index (χ0v) is 15.8. The van der Waals surface area contributed by atoms with Crippen molar-refractivity contribution in [2.45, 2.75) is 13.1 Å². The molecule has 2 N–H and O–H groups in total. The molecule has 0 fully saturated rings. The first-order valence-corrected chi connectivity index (χ1v) is 8.68. The normalized spacial score (nSPS) is 10.7. The molecule has 2 aromatic carbocycles. The number of nitrogens with one attached hydrogen (secondary N) is 1.